The molecule has 0 bridgehead atoms. The van der Waals surface area contributed by atoms with Gasteiger partial charge < -0.3 is 5.73 Å². The van der Waals surface area contributed by atoms with E-state index in [1.54, 1.807) is 0 Å². The topological polar surface area (TPSA) is 29.3 Å². The van der Waals surface area contributed by atoms with Gasteiger partial charge in [0.2, 0.25) is 0 Å². The molecule has 0 saturated heterocycles. The van der Waals surface area contributed by atoms with E-state index in [2.05, 4.69) is 50.1 Å². The van der Waals surface area contributed by atoms with Crippen LogP contribution < -0.4 is 5.73 Å². The van der Waals surface area contributed by atoms with Crippen molar-refractivity contribution in [1.29, 1.82) is 0 Å². The van der Waals surface area contributed by atoms with Gasteiger partial charge in [-0.15, -0.1) is 0 Å². The molecular formula is C18H30N2. The number of hydrogen-bond acceptors (Lipinski definition) is 2. The SMILES string of the molecule is CCC1CCC(N(C)C(CN)c2cccc(C)c2)CC1. The minimum Gasteiger partial charge on any atom is -0.329 e. The summed E-state index contributed by atoms with van der Waals surface area (Å²) in [5, 5.41) is 0. The van der Waals surface area contributed by atoms with E-state index in [9.17, 15) is 0 Å². The second kappa shape index (κ2) is 7.24. The van der Waals surface area contributed by atoms with E-state index in [0.717, 1.165) is 5.92 Å². The lowest BCUT2D eigenvalue weighted by Crippen LogP contribution is -2.40. The second-order valence-electron chi connectivity index (χ2n) is 6.41. The molecule has 0 spiro atoms. The number of benzene rings is 1. The minimum absolute atomic E-state index is 0.359. The summed E-state index contributed by atoms with van der Waals surface area (Å²) in [4.78, 5) is 2.53. The van der Waals surface area contributed by atoms with Crippen LogP contribution in [0.25, 0.3) is 0 Å². The largest absolute Gasteiger partial charge is 0.329 e. The lowest BCUT2D eigenvalue weighted by molar-refractivity contribution is 0.122. The van der Waals surface area contributed by atoms with Crippen LogP contribution in [0, 0.1) is 12.8 Å². The summed E-state index contributed by atoms with van der Waals surface area (Å²) < 4.78 is 0. The molecule has 1 saturated carbocycles. The summed E-state index contributed by atoms with van der Waals surface area (Å²) in [6.45, 7) is 5.18. The Morgan fingerprint density at radius 1 is 1.25 bits per heavy atom. The summed E-state index contributed by atoms with van der Waals surface area (Å²) in [7, 11) is 2.26. The highest BCUT2D eigenvalue weighted by atomic mass is 15.2. The fourth-order valence-electron chi connectivity index (χ4n) is 3.63. The molecule has 1 atom stereocenters. The van der Waals surface area contributed by atoms with Crippen molar-refractivity contribution in [1.82, 2.24) is 4.90 Å². The number of likely N-dealkylation sites (N-methyl/N-ethyl adjacent to an activating group) is 1. The Morgan fingerprint density at radius 3 is 2.50 bits per heavy atom. The van der Waals surface area contributed by atoms with E-state index in [0.29, 0.717) is 18.6 Å². The van der Waals surface area contributed by atoms with Crippen LogP contribution >= 0.6 is 0 Å². The van der Waals surface area contributed by atoms with E-state index in [-0.39, 0.29) is 0 Å². The van der Waals surface area contributed by atoms with Gasteiger partial charge in [0.1, 0.15) is 0 Å². The summed E-state index contributed by atoms with van der Waals surface area (Å²) in [6.07, 6.45) is 6.77. The van der Waals surface area contributed by atoms with Crippen molar-refractivity contribution in [3.8, 4) is 0 Å². The third-order valence-electron chi connectivity index (χ3n) is 5.11. The van der Waals surface area contributed by atoms with E-state index >= 15 is 0 Å². The van der Waals surface area contributed by atoms with Crippen LogP contribution in [0.15, 0.2) is 24.3 Å². The molecule has 1 unspecified atom stereocenters. The van der Waals surface area contributed by atoms with Gasteiger partial charge in [0.15, 0.2) is 0 Å². The lowest BCUT2D eigenvalue weighted by atomic mass is 9.83. The molecule has 2 nitrogen and oxygen atoms in total. The van der Waals surface area contributed by atoms with Gasteiger partial charge in [0, 0.05) is 18.6 Å². The van der Waals surface area contributed by atoms with Crippen molar-refractivity contribution in [2.45, 2.75) is 58.0 Å². The molecule has 0 amide bonds. The summed E-state index contributed by atoms with van der Waals surface area (Å²) in [6, 6.07) is 9.87. The fraction of sp³-hybridized carbons (Fsp3) is 0.667. The molecule has 1 fully saturated rings. The van der Waals surface area contributed by atoms with Gasteiger partial charge in [-0.1, -0.05) is 43.2 Å². The van der Waals surface area contributed by atoms with Crippen molar-refractivity contribution in [2.24, 2.45) is 11.7 Å². The lowest BCUT2D eigenvalue weighted by Gasteiger charge is -2.39. The maximum atomic E-state index is 6.07. The Morgan fingerprint density at radius 2 is 1.95 bits per heavy atom. The molecule has 2 rings (SSSR count). The van der Waals surface area contributed by atoms with Crippen molar-refractivity contribution < 1.29 is 0 Å². The number of rotatable bonds is 5. The number of nitrogens with two attached hydrogens (primary N) is 1. The first kappa shape index (κ1) is 15.5. The van der Waals surface area contributed by atoms with Gasteiger partial charge in [-0.05, 0) is 51.1 Å². The molecule has 2 N–H and O–H groups in total. The van der Waals surface area contributed by atoms with Crippen LogP contribution in [0.4, 0.5) is 0 Å². The van der Waals surface area contributed by atoms with Gasteiger partial charge in [0.05, 0.1) is 0 Å². The molecule has 2 heteroatoms. The third kappa shape index (κ3) is 3.62. The fourth-order valence-corrected chi connectivity index (χ4v) is 3.63. The zero-order chi connectivity index (χ0) is 14.5. The first-order valence-corrected chi connectivity index (χ1v) is 8.14. The van der Waals surface area contributed by atoms with Crippen LogP contribution in [0.5, 0.6) is 0 Å². The van der Waals surface area contributed by atoms with Crippen molar-refractivity contribution in [3.63, 3.8) is 0 Å². The normalized spacial score (nSPS) is 24.9. The smallest absolute Gasteiger partial charge is 0.0470 e. The maximum Gasteiger partial charge on any atom is 0.0470 e. The maximum absolute atomic E-state index is 6.07. The van der Waals surface area contributed by atoms with Gasteiger partial charge in [-0.25, -0.2) is 0 Å². The van der Waals surface area contributed by atoms with Gasteiger partial charge in [-0.2, -0.15) is 0 Å². The van der Waals surface area contributed by atoms with Crippen molar-refractivity contribution in [2.75, 3.05) is 13.6 Å². The van der Waals surface area contributed by atoms with Crippen LogP contribution in [0.2, 0.25) is 0 Å². The van der Waals surface area contributed by atoms with E-state index in [4.69, 9.17) is 5.73 Å². The number of hydrogen-bond donors (Lipinski definition) is 1. The van der Waals surface area contributed by atoms with Gasteiger partial charge in [0.25, 0.3) is 0 Å². The van der Waals surface area contributed by atoms with E-state index < -0.39 is 0 Å². The predicted molar refractivity (Wildman–Crippen MR) is 86.8 cm³/mol. The van der Waals surface area contributed by atoms with Crippen molar-refractivity contribution in [3.05, 3.63) is 35.4 Å². The Kier molecular flexibility index (Phi) is 5.62. The minimum atomic E-state index is 0.359. The Hall–Kier alpha value is -0.860. The molecule has 0 aliphatic heterocycles. The highest BCUT2D eigenvalue weighted by Crippen LogP contribution is 2.32. The van der Waals surface area contributed by atoms with Crippen LogP contribution in [0.3, 0.4) is 0 Å². The quantitative estimate of drug-likeness (QED) is 0.882. The Labute approximate surface area is 124 Å². The summed E-state index contributed by atoms with van der Waals surface area (Å²) in [5.41, 5.74) is 8.77. The molecule has 1 aromatic carbocycles. The molecule has 1 aromatic rings. The van der Waals surface area contributed by atoms with E-state index in [1.165, 1.54) is 43.2 Å². The number of nitrogens with zero attached hydrogens (tertiary/aromatic N) is 1. The van der Waals surface area contributed by atoms with Crippen molar-refractivity contribution >= 4 is 0 Å². The standard InChI is InChI=1S/C18H30N2/c1-4-15-8-10-17(11-9-15)20(3)18(13-19)16-7-5-6-14(2)12-16/h5-7,12,15,17-18H,4,8-11,13,19H2,1-3H3. The second-order valence-corrected chi connectivity index (χ2v) is 6.41. The third-order valence-corrected chi connectivity index (χ3v) is 5.11. The molecule has 0 aromatic heterocycles. The Balaban J connectivity index is 2.04. The number of aryl methyl sites for hydroxylation is 1. The first-order chi connectivity index (χ1) is 9.65. The average Bonchev–Trinajstić information content (AvgIpc) is 2.48. The predicted octanol–water partition coefficient (Wildman–Crippen LogP) is 3.90. The Bertz CT molecular complexity index is 408. The zero-order valence-electron chi connectivity index (χ0n) is 13.3. The van der Waals surface area contributed by atoms with Crippen LogP contribution in [0.1, 0.15) is 56.2 Å². The molecular weight excluding hydrogens is 244 g/mol. The summed E-state index contributed by atoms with van der Waals surface area (Å²) in [5.74, 6) is 0.954. The molecule has 0 radical (unpaired) electrons. The van der Waals surface area contributed by atoms with E-state index in [1.807, 2.05) is 0 Å². The van der Waals surface area contributed by atoms with Crippen LogP contribution in [-0.4, -0.2) is 24.5 Å². The highest BCUT2D eigenvalue weighted by molar-refractivity contribution is 5.25. The zero-order valence-corrected chi connectivity index (χ0v) is 13.3. The first-order valence-electron chi connectivity index (χ1n) is 8.14. The van der Waals surface area contributed by atoms with Gasteiger partial charge >= 0.3 is 0 Å². The van der Waals surface area contributed by atoms with Gasteiger partial charge in [-0.3, -0.25) is 4.90 Å². The molecule has 1 aliphatic carbocycles. The molecule has 0 heterocycles. The molecule has 112 valence electrons. The highest BCUT2D eigenvalue weighted by Gasteiger charge is 2.27. The monoisotopic (exact) mass is 274 g/mol. The average molecular weight is 274 g/mol. The molecule has 1 aliphatic rings. The molecule has 20 heavy (non-hydrogen) atoms. The summed E-state index contributed by atoms with van der Waals surface area (Å²) >= 11 is 0. The van der Waals surface area contributed by atoms with Crippen LogP contribution in [-0.2, 0) is 0 Å².